The van der Waals surface area contributed by atoms with Gasteiger partial charge in [0.05, 0.1) is 5.52 Å². The van der Waals surface area contributed by atoms with Gasteiger partial charge >= 0.3 is 0 Å². The Morgan fingerprint density at radius 2 is 1.42 bits per heavy atom. The monoisotopic (exact) mass is 314 g/mol. The van der Waals surface area contributed by atoms with Crippen molar-refractivity contribution in [2.75, 3.05) is 0 Å². The smallest absolute Gasteiger partial charge is 0.213 e. The van der Waals surface area contributed by atoms with Gasteiger partial charge in [-0.15, -0.1) is 0 Å². The lowest BCUT2D eigenvalue weighted by Gasteiger charge is -2.30. The Bertz CT molecular complexity index is 1150. The molecule has 1 aliphatic rings. The maximum Gasteiger partial charge on any atom is 0.213 e. The predicted octanol–water partition coefficient (Wildman–Crippen LogP) is 4.15. The molecule has 4 heteroatoms. The van der Waals surface area contributed by atoms with E-state index in [1.54, 1.807) is 4.57 Å². The maximum atomic E-state index is 12.8. The molecular weight excluding hydrogens is 300 g/mol. The molecule has 0 amide bonds. The molecular formula is C20H14N2O2. The van der Waals surface area contributed by atoms with Crippen LogP contribution in [0.2, 0.25) is 0 Å². The molecule has 116 valence electrons. The van der Waals surface area contributed by atoms with Crippen LogP contribution in [0.25, 0.3) is 27.5 Å². The molecule has 2 heterocycles. The largest absolute Gasteiger partial charge is 0.507 e. The Kier molecular flexibility index (Phi) is 2.54. The number of nitrogens with zero attached hydrogens (tertiary/aromatic N) is 2. The third-order valence-electron chi connectivity index (χ3n) is 4.73. The Hall–Kier alpha value is -3.27. The summed E-state index contributed by atoms with van der Waals surface area (Å²) in [6.45, 7) is 0. The lowest BCUT2D eigenvalue weighted by Crippen LogP contribution is -2.34. The minimum absolute atomic E-state index is 0.0739. The van der Waals surface area contributed by atoms with E-state index >= 15 is 0 Å². The van der Waals surface area contributed by atoms with Gasteiger partial charge in [0.2, 0.25) is 5.78 Å². The lowest BCUT2D eigenvalue weighted by atomic mass is 9.93. The summed E-state index contributed by atoms with van der Waals surface area (Å²) in [5.74, 6) is 0.0397. The van der Waals surface area contributed by atoms with Gasteiger partial charge in [-0.05, 0) is 35.0 Å². The number of aromatic nitrogens is 2. The van der Waals surface area contributed by atoms with Crippen molar-refractivity contribution < 1.29 is 9.90 Å². The first kappa shape index (κ1) is 13.2. The van der Waals surface area contributed by atoms with Gasteiger partial charge in [0, 0.05) is 17.9 Å². The average Bonchev–Trinajstić information content (AvgIpc) is 3.21. The zero-order chi connectivity index (χ0) is 16.3. The van der Waals surface area contributed by atoms with Crippen LogP contribution >= 0.6 is 0 Å². The highest BCUT2D eigenvalue weighted by Crippen LogP contribution is 2.39. The van der Waals surface area contributed by atoms with Crippen molar-refractivity contribution in [1.29, 1.82) is 0 Å². The van der Waals surface area contributed by atoms with Crippen molar-refractivity contribution in [2.24, 2.45) is 0 Å². The number of aliphatic hydroxyl groups is 1. The fourth-order valence-corrected chi connectivity index (χ4v) is 3.54. The van der Waals surface area contributed by atoms with Gasteiger partial charge in [-0.3, -0.25) is 4.79 Å². The molecule has 0 spiro atoms. The molecule has 0 saturated carbocycles. The van der Waals surface area contributed by atoms with E-state index in [1.165, 1.54) is 0 Å². The molecule has 5 rings (SSSR count). The molecule has 4 nitrogen and oxygen atoms in total. The molecule has 0 radical (unpaired) electrons. The number of ketones is 1. The molecule has 2 aromatic heterocycles. The summed E-state index contributed by atoms with van der Waals surface area (Å²) in [4.78, 5) is 12.8. The number of rotatable bonds is 2. The van der Waals surface area contributed by atoms with Crippen LogP contribution in [-0.4, -0.2) is 20.0 Å². The molecule has 4 aromatic rings. The first-order valence-corrected chi connectivity index (χ1v) is 7.85. The van der Waals surface area contributed by atoms with E-state index in [9.17, 15) is 9.90 Å². The number of carbonyl (C=O) groups is 1. The van der Waals surface area contributed by atoms with Gasteiger partial charge in [0.15, 0.2) is 11.8 Å². The van der Waals surface area contributed by atoms with Crippen LogP contribution in [0.3, 0.4) is 0 Å². The number of Topliss-reactive ketones (excluding diaryl/α,β-unsaturated/α-hetero) is 1. The topological polar surface area (TPSA) is 47.2 Å². The third-order valence-corrected chi connectivity index (χ3v) is 4.73. The number of para-hydroxylation sites is 2. The van der Waals surface area contributed by atoms with Gasteiger partial charge in [-0.2, -0.15) is 0 Å². The molecule has 2 aromatic carbocycles. The number of allylic oxidation sites excluding steroid dienone is 2. The molecule has 24 heavy (non-hydrogen) atoms. The van der Waals surface area contributed by atoms with E-state index in [2.05, 4.69) is 0 Å². The Balaban J connectivity index is 1.66. The fraction of sp³-hybridized carbons (Fsp3) is 0.0500. The number of fused-ring (bicyclic) bond motifs is 2. The zero-order valence-electron chi connectivity index (χ0n) is 12.8. The van der Waals surface area contributed by atoms with Gasteiger partial charge in [0.25, 0.3) is 0 Å². The summed E-state index contributed by atoms with van der Waals surface area (Å²) < 4.78 is 3.61. The van der Waals surface area contributed by atoms with Crippen molar-refractivity contribution in [3.63, 3.8) is 0 Å². The summed E-state index contributed by atoms with van der Waals surface area (Å²) >= 11 is 0. The first-order chi connectivity index (χ1) is 11.8. The van der Waals surface area contributed by atoms with Crippen LogP contribution in [0.15, 0.2) is 78.8 Å². The zero-order valence-corrected chi connectivity index (χ0v) is 12.8. The SMILES string of the molecule is O=C1C(n2ccc3ccccc32)=C(O)C1n1ccc2ccccc21. The average molecular weight is 314 g/mol. The predicted molar refractivity (Wildman–Crippen MR) is 93.8 cm³/mol. The van der Waals surface area contributed by atoms with Gasteiger partial charge < -0.3 is 14.2 Å². The van der Waals surface area contributed by atoms with E-state index in [0.717, 1.165) is 21.8 Å². The molecule has 0 aliphatic heterocycles. The Morgan fingerprint density at radius 1 is 0.792 bits per heavy atom. The number of benzene rings is 2. The summed E-state index contributed by atoms with van der Waals surface area (Å²) in [6.07, 6.45) is 3.69. The maximum absolute atomic E-state index is 12.8. The van der Waals surface area contributed by atoms with Gasteiger partial charge in [-0.1, -0.05) is 36.4 Å². The highest BCUT2D eigenvalue weighted by Gasteiger charge is 2.42. The molecule has 1 N–H and O–H groups in total. The van der Waals surface area contributed by atoms with Crippen LogP contribution in [0, 0.1) is 0 Å². The summed E-state index contributed by atoms with van der Waals surface area (Å²) in [5.41, 5.74) is 2.22. The normalized spacial score (nSPS) is 17.7. The minimum atomic E-state index is -0.638. The molecule has 1 aliphatic carbocycles. The quantitative estimate of drug-likeness (QED) is 0.604. The van der Waals surface area contributed by atoms with Gasteiger partial charge in [-0.25, -0.2) is 0 Å². The Morgan fingerprint density at radius 3 is 2.17 bits per heavy atom. The van der Waals surface area contributed by atoms with E-state index < -0.39 is 6.04 Å². The highest BCUT2D eigenvalue weighted by molar-refractivity contribution is 6.27. The Labute approximate surface area is 137 Å². The minimum Gasteiger partial charge on any atom is -0.507 e. The highest BCUT2D eigenvalue weighted by atomic mass is 16.3. The second-order valence-electron chi connectivity index (χ2n) is 6.03. The second-order valence-corrected chi connectivity index (χ2v) is 6.03. The summed E-state index contributed by atoms with van der Waals surface area (Å²) in [6, 6.07) is 18.9. The van der Waals surface area contributed by atoms with Crippen LogP contribution in [0.1, 0.15) is 6.04 Å². The van der Waals surface area contributed by atoms with E-state index in [1.807, 2.05) is 77.6 Å². The number of hydrogen-bond donors (Lipinski definition) is 1. The first-order valence-electron chi connectivity index (χ1n) is 7.85. The van der Waals surface area contributed by atoms with Crippen LogP contribution in [0.5, 0.6) is 0 Å². The molecule has 1 atom stereocenters. The molecule has 0 fully saturated rings. The number of hydrogen-bond acceptors (Lipinski definition) is 2. The number of aliphatic hydroxyl groups excluding tert-OH is 1. The lowest BCUT2D eigenvalue weighted by molar-refractivity contribution is -0.119. The van der Waals surface area contributed by atoms with E-state index in [0.29, 0.717) is 5.70 Å². The van der Waals surface area contributed by atoms with Crippen LogP contribution < -0.4 is 0 Å². The number of carbonyl (C=O) groups excluding carboxylic acids is 1. The summed E-state index contributed by atoms with van der Waals surface area (Å²) in [5, 5.41) is 12.7. The van der Waals surface area contributed by atoms with Crippen molar-refractivity contribution in [1.82, 2.24) is 9.13 Å². The van der Waals surface area contributed by atoms with Crippen molar-refractivity contribution in [3.8, 4) is 0 Å². The van der Waals surface area contributed by atoms with Crippen LogP contribution in [-0.2, 0) is 4.79 Å². The van der Waals surface area contributed by atoms with Crippen LogP contribution in [0.4, 0.5) is 0 Å². The standard InChI is InChI=1S/C20H14N2O2/c23-19-17(21-11-9-13-5-1-3-7-15(13)21)20(24)18(19)22-12-10-14-6-2-4-8-16(14)22/h1-12,17,23H. The molecule has 0 saturated heterocycles. The van der Waals surface area contributed by atoms with Crippen molar-refractivity contribution in [3.05, 3.63) is 78.8 Å². The van der Waals surface area contributed by atoms with E-state index in [4.69, 9.17) is 0 Å². The molecule has 0 bridgehead atoms. The van der Waals surface area contributed by atoms with Gasteiger partial charge in [0.1, 0.15) is 5.70 Å². The molecule has 1 unspecified atom stereocenters. The van der Waals surface area contributed by atoms with Crippen molar-refractivity contribution >= 4 is 33.3 Å². The fourth-order valence-electron chi connectivity index (χ4n) is 3.54. The second kappa shape index (κ2) is 4.61. The third kappa shape index (κ3) is 1.60. The van der Waals surface area contributed by atoms with E-state index in [-0.39, 0.29) is 11.5 Å². The van der Waals surface area contributed by atoms with Crippen molar-refractivity contribution in [2.45, 2.75) is 6.04 Å². The summed E-state index contributed by atoms with van der Waals surface area (Å²) in [7, 11) is 0.